The molecule has 0 aliphatic heterocycles. The van der Waals surface area contributed by atoms with Gasteiger partial charge in [0.2, 0.25) is 0 Å². The van der Waals surface area contributed by atoms with E-state index in [2.05, 4.69) is 16.5 Å². The summed E-state index contributed by atoms with van der Waals surface area (Å²) in [5.74, 6) is 0. The predicted octanol–water partition coefficient (Wildman–Crippen LogP) is 1.45. The van der Waals surface area contributed by atoms with E-state index in [-0.39, 0.29) is 4.90 Å². The van der Waals surface area contributed by atoms with Crippen LogP contribution < -0.4 is 4.83 Å². The number of allylic oxidation sites excluding steroid dienone is 1. The van der Waals surface area contributed by atoms with E-state index in [1.165, 1.54) is 24.4 Å². The Labute approximate surface area is 89.4 Å². The maximum Gasteiger partial charge on any atom is 0.276 e. The first kappa shape index (κ1) is 11.5. The molecule has 0 unspecified atom stereocenters. The Morgan fingerprint density at radius 1 is 1.33 bits per heavy atom. The number of hydrogen-bond donors (Lipinski definition) is 1. The van der Waals surface area contributed by atoms with Gasteiger partial charge in [-0.05, 0) is 25.1 Å². The van der Waals surface area contributed by atoms with Crippen LogP contribution in [0.15, 0.2) is 46.9 Å². The van der Waals surface area contributed by atoms with Gasteiger partial charge in [0, 0.05) is 6.21 Å². The van der Waals surface area contributed by atoms with Gasteiger partial charge in [-0.1, -0.05) is 24.3 Å². The quantitative estimate of drug-likeness (QED) is 0.621. The lowest BCUT2D eigenvalue weighted by Gasteiger charge is -2.02. The van der Waals surface area contributed by atoms with Crippen LogP contribution in [0.3, 0.4) is 0 Å². The summed E-state index contributed by atoms with van der Waals surface area (Å²) < 4.78 is 23.1. The second kappa shape index (κ2) is 4.75. The molecule has 5 heteroatoms. The van der Waals surface area contributed by atoms with Crippen LogP contribution >= 0.6 is 0 Å². The number of aryl methyl sites for hydroxylation is 1. The van der Waals surface area contributed by atoms with Crippen molar-refractivity contribution >= 4 is 16.2 Å². The number of hydrogen-bond acceptors (Lipinski definition) is 3. The zero-order valence-electron chi connectivity index (χ0n) is 8.34. The molecule has 0 atom stereocenters. The maximum absolute atomic E-state index is 11.6. The molecule has 1 aromatic carbocycles. The third-order valence-corrected chi connectivity index (χ3v) is 2.92. The summed E-state index contributed by atoms with van der Waals surface area (Å²) in [6.45, 7) is 5.27. The molecule has 0 radical (unpaired) electrons. The average molecular weight is 224 g/mol. The van der Waals surface area contributed by atoms with Crippen molar-refractivity contribution in [3.63, 3.8) is 0 Å². The molecule has 80 valence electrons. The molecule has 0 aliphatic rings. The van der Waals surface area contributed by atoms with Crippen LogP contribution in [0.1, 0.15) is 5.56 Å². The van der Waals surface area contributed by atoms with Crippen molar-refractivity contribution in [2.75, 3.05) is 0 Å². The monoisotopic (exact) mass is 224 g/mol. The van der Waals surface area contributed by atoms with Crippen molar-refractivity contribution in [2.45, 2.75) is 11.8 Å². The van der Waals surface area contributed by atoms with Gasteiger partial charge < -0.3 is 0 Å². The van der Waals surface area contributed by atoms with Crippen molar-refractivity contribution < 1.29 is 8.42 Å². The Morgan fingerprint density at radius 2 is 1.93 bits per heavy atom. The van der Waals surface area contributed by atoms with Gasteiger partial charge in [-0.25, -0.2) is 4.83 Å². The number of rotatable bonds is 4. The number of nitrogens with zero attached hydrogens (tertiary/aromatic N) is 1. The van der Waals surface area contributed by atoms with Crippen LogP contribution in [0.5, 0.6) is 0 Å². The Morgan fingerprint density at radius 3 is 2.47 bits per heavy atom. The minimum absolute atomic E-state index is 0.189. The summed E-state index contributed by atoms with van der Waals surface area (Å²) in [4.78, 5) is 2.26. The highest BCUT2D eigenvalue weighted by Gasteiger charge is 2.11. The van der Waals surface area contributed by atoms with E-state index in [9.17, 15) is 8.42 Å². The molecule has 0 bridgehead atoms. The van der Waals surface area contributed by atoms with E-state index in [1.807, 2.05) is 6.92 Å². The predicted molar refractivity (Wildman–Crippen MR) is 60.2 cm³/mol. The molecule has 1 N–H and O–H groups in total. The van der Waals surface area contributed by atoms with Gasteiger partial charge in [-0.2, -0.15) is 13.5 Å². The summed E-state index contributed by atoms with van der Waals surface area (Å²) in [7, 11) is -3.54. The third-order valence-electron chi connectivity index (χ3n) is 1.68. The molecule has 0 aliphatic carbocycles. The zero-order valence-corrected chi connectivity index (χ0v) is 9.16. The van der Waals surface area contributed by atoms with E-state index in [0.717, 1.165) is 5.56 Å². The Hall–Kier alpha value is -1.62. The summed E-state index contributed by atoms with van der Waals surface area (Å²) >= 11 is 0. The van der Waals surface area contributed by atoms with Crippen LogP contribution in [0, 0.1) is 6.92 Å². The lowest BCUT2D eigenvalue weighted by Crippen LogP contribution is -2.17. The van der Waals surface area contributed by atoms with E-state index in [4.69, 9.17) is 0 Å². The van der Waals surface area contributed by atoms with E-state index >= 15 is 0 Å². The third kappa shape index (κ3) is 3.21. The highest BCUT2D eigenvalue weighted by Crippen LogP contribution is 2.09. The van der Waals surface area contributed by atoms with Gasteiger partial charge in [0.25, 0.3) is 10.0 Å². The van der Waals surface area contributed by atoms with Gasteiger partial charge in [0.15, 0.2) is 0 Å². The van der Waals surface area contributed by atoms with Gasteiger partial charge in [0.05, 0.1) is 4.90 Å². The smallest absolute Gasteiger partial charge is 0.200 e. The van der Waals surface area contributed by atoms with Gasteiger partial charge in [-0.3, -0.25) is 0 Å². The first-order valence-corrected chi connectivity index (χ1v) is 5.77. The Kier molecular flexibility index (Phi) is 3.62. The van der Waals surface area contributed by atoms with Gasteiger partial charge in [0.1, 0.15) is 0 Å². The van der Waals surface area contributed by atoms with Crippen molar-refractivity contribution in [3.05, 3.63) is 42.5 Å². The first-order valence-electron chi connectivity index (χ1n) is 4.29. The zero-order chi connectivity index (χ0) is 11.3. The summed E-state index contributed by atoms with van der Waals surface area (Å²) in [6, 6.07) is 6.51. The molecule has 0 aromatic heterocycles. The van der Waals surface area contributed by atoms with Gasteiger partial charge >= 0.3 is 0 Å². The highest BCUT2D eigenvalue weighted by molar-refractivity contribution is 7.89. The number of nitrogens with one attached hydrogen (secondary N) is 1. The highest BCUT2D eigenvalue weighted by atomic mass is 32.2. The summed E-state index contributed by atoms with van der Waals surface area (Å²) in [5, 5.41) is 3.48. The second-order valence-electron chi connectivity index (χ2n) is 2.92. The molecule has 0 fully saturated rings. The van der Waals surface area contributed by atoms with Crippen LogP contribution in [0.2, 0.25) is 0 Å². The van der Waals surface area contributed by atoms with Crippen LogP contribution in [0.4, 0.5) is 0 Å². The maximum atomic E-state index is 11.6. The molecule has 4 nitrogen and oxygen atoms in total. The SMILES string of the molecule is C=CC=NNS(=O)(=O)c1ccc(C)cc1. The number of sulfonamides is 1. The number of benzene rings is 1. The first-order chi connectivity index (χ1) is 7.06. The lowest BCUT2D eigenvalue weighted by molar-refractivity contribution is 0.584. The Balaban J connectivity index is 2.91. The molecular formula is C10H12N2O2S. The van der Waals surface area contributed by atoms with E-state index < -0.39 is 10.0 Å². The average Bonchev–Trinajstić information content (AvgIpc) is 2.18. The molecule has 0 spiro atoms. The van der Waals surface area contributed by atoms with Crippen molar-refractivity contribution in [1.29, 1.82) is 0 Å². The molecule has 1 rings (SSSR count). The lowest BCUT2D eigenvalue weighted by atomic mass is 10.2. The number of hydrazone groups is 1. The van der Waals surface area contributed by atoms with Crippen molar-refractivity contribution in [2.24, 2.45) is 5.10 Å². The molecule has 15 heavy (non-hydrogen) atoms. The molecule has 1 aromatic rings. The molecular weight excluding hydrogens is 212 g/mol. The van der Waals surface area contributed by atoms with Crippen molar-refractivity contribution in [3.8, 4) is 0 Å². The van der Waals surface area contributed by atoms with Gasteiger partial charge in [-0.15, -0.1) is 0 Å². The van der Waals surface area contributed by atoms with Crippen LogP contribution in [-0.4, -0.2) is 14.6 Å². The minimum atomic E-state index is -3.54. The molecule has 0 saturated heterocycles. The minimum Gasteiger partial charge on any atom is -0.200 e. The topological polar surface area (TPSA) is 58.5 Å². The second-order valence-corrected chi connectivity index (χ2v) is 4.58. The summed E-state index contributed by atoms with van der Waals surface area (Å²) in [5.41, 5.74) is 1.00. The molecule has 0 heterocycles. The van der Waals surface area contributed by atoms with Crippen LogP contribution in [0.25, 0.3) is 0 Å². The summed E-state index contributed by atoms with van der Waals surface area (Å²) in [6.07, 6.45) is 2.66. The molecule has 0 saturated carbocycles. The normalized spacial score (nSPS) is 11.5. The van der Waals surface area contributed by atoms with E-state index in [1.54, 1.807) is 12.1 Å². The fourth-order valence-corrected chi connectivity index (χ4v) is 1.72. The largest absolute Gasteiger partial charge is 0.276 e. The fourth-order valence-electron chi connectivity index (χ4n) is 0.923. The van der Waals surface area contributed by atoms with E-state index in [0.29, 0.717) is 0 Å². The van der Waals surface area contributed by atoms with Crippen LogP contribution in [-0.2, 0) is 10.0 Å². The Bertz CT molecular complexity index is 461. The molecule has 0 amide bonds. The van der Waals surface area contributed by atoms with Crippen molar-refractivity contribution in [1.82, 2.24) is 4.83 Å². The fraction of sp³-hybridized carbons (Fsp3) is 0.100. The standard InChI is InChI=1S/C10H12N2O2S/c1-3-8-11-12-15(13,14)10-6-4-9(2)5-7-10/h3-8,12H,1H2,2H3.